The highest BCUT2D eigenvalue weighted by atomic mass is 32.1. The van der Waals surface area contributed by atoms with Gasteiger partial charge >= 0.3 is 0 Å². The fourth-order valence-corrected chi connectivity index (χ4v) is 4.03. The zero-order valence-corrected chi connectivity index (χ0v) is 18.2. The summed E-state index contributed by atoms with van der Waals surface area (Å²) in [7, 11) is 2.08. The third kappa shape index (κ3) is 4.22. The van der Waals surface area contributed by atoms with Gasteiger partial charge in [-0.15, -0.1) is 11.3 Å². The van der Waals surface area contributed by atoms with Gasteiger partial charge in [0.15, 0.2) is 0 Å². The minimum Gasteiger partial charge on any atom is -0.331 e. The van der Waals surface area contributed by atoms with Gasteiger partial charge in [0, 0.05) is 17.9 Å². The van der Waals surface area contributed by atoms with Crippen molar-refractivity contribution in [2.75, 3.05) is 0 Å². The highest BCUT2D eigenvalue weighted by molar-refractivity contribution is 7.18. The normalized spacial score (nSPS) is 12.3. The lowest BCUT2D eigenvalue weighted by Gasteiger charge is -2.17. The Kier molecular flexibility index (Phi) is 5.13. The van der Waals surface area contributed by atoms with Crippen LogP contribution in [-0.4, -0.2) is 14.5 Å². The molecule has 142 valence electrons. The molecule has 0 amide bonds. The molecule has 4 heteroatoms. The summed E-state index contributed by atoms with van der Waals surface area (Å²) >= 11 is 1.79. The van der Waals surface area contributed by atoms with E-state index in [4.69, 9.17) is 0 Å². The van der Waals surface area contributed by atoms with Gasteiger partial charge in [-0.05, 0) is 24.3 Å². The van der Waals surface area contributed by atoms with Crippen LogP contribution in [0.1, 0.15) is 52.4 Å². The average Bonchev–Trinajstić information content (AvgIpc) is 3.17. The Bertz CT molecular complexity index is 1030. The van der Waals surface area contributed by atoms with Crippen molar-refractivity contribution in [2.24, 2.45) is 7.05 Å². The Balaban J connectivity index is 0.000000156. The van der Waals surface area contributed by atoms with Crippen LogP contribution in [0, 0.1) is 0 Å². The number of benzene rings is 2. The standard InChI is InChI=1S/C12H16N2.C11H13NS/c1-12(2,3)11-13-9-7-5-6-8-10(9)14(11)4;1-11(2,3)10-12-8-6-4-5-7-9(8)13-10/h5-8H,1-4H3;4-7H,1-3H3. The van der Waals surface area contributed by atoms with Gasteiger partial charge in [0.2, 0.25) is 0 Å². The molecule has 0 unspecified atom stereocenters. The van der Waals surface area contributed by atoms with Crippen LogP contribution in [0.5, 0.6) is 0 Å². The van der Waals surface area contributed by atoms with Crippen molar-refractivity contribution in [3.8, 4) is 0 Å². The number of hydrogen-bond acceptors (Lipinski definition) is 3. The predicted octanol–water partition coefficient (Wildman–Crippen LogP) is 6.46. The zero-order chi connectivity index (χ0) is 19.8. The van der Waals surface area contributed by atoms with E-state index in [1.54, 1.807) is 11.3 Å². The molecule has 4 aromatic rings. The minimum atomic E-state index is 0.105. The molecular weight excluding hydrogens is 350 g/mol. The molecule has 3 nitrogen and oxygen atoms in total. The molecule has 2 aromatic heterocycles. The second-order valence-electron chi connectivity index (χ2n) is 8.97. The van der Waals surface area contributed by atoms with Gasteiger partial charge in [0.25, 0.3) is 0 Å². The summed E-state index contributed by atoms with van der Waals surface area (Å²) < 4.78 is 3.46. The van der Waals surface area contributed by atoms with E-state index >= 15 is 0 Å². The van der Waals surface area contributed by atoms with Crippen LogP contribution in [0.4, 0.5) is 0 Å². The zero-order valence-electron chi connectivity index (χ0n) is 17.4. The predicted molar refractivity (Wildman–Crippen MR) is 118 cm³/mol. The molecule has 0 atom stereocenters. The second kappa shape index (κ2) is 7.08. The van der Waals surface area contributed by atoms with E-state index in [-0.39, 0.29) is 10.8 Å². The van der Waals surface area contributed by atoms with Crippen molar-refractivity contribution in [1.82, 2.24) is 14.5 Å². The number of imidazole rings is 1. The number of para-hydroxylation sites is 3. The van der Waals surface area contributed by atoms with Crippen molar-refractivity contribution < 1.29 is 0 Å². The first-order chi connectivity index (χ1) is 12.6. The average molecular weight is 380 g/mol. The Morgan fingerprint density at radius 1 is 0.741 bits per heavy atom. The van der Waals surface area contributed by atoms with Crippen LogP contribution >= 0.6 is 11.3 Å². The van der Waals surface area contributed by atoms with Gasteiger partial charge in [0.05, 0.1) is 26.3 Å². The van der Waals surface area contributed by atoms with E-state index in [1.165, 1.54) is 15.2 Å². The van der Waals surface area contributed by atoms with Crippen LogP contribution in [0.3, 0.4) is 0 Å². The molecule has 0 fully saturated rings. The van der Waals surface area contributed by atoms with E-state index in [2.05, 4.69) is 99.5 Å². The number of rotatable bonds is 0. The largest absolute Gasteiger partial charge is 0.331 e. The molecule has 0 saturated heterocycles. The van der Waals surface area contributed by atoms with Gasteiger partial charge in [-0.25, -0.2) is 9.97 Å². The first kappa shape index (κ1) is 19.6. The van der Waals surface area contributed by atoms with Gasteiger partial charge < -0.3 is 4.57 Å². The van der Waals surface area contributed by atoms with Crippen LogP contribution < -0.4 is 0 Å². The van der Waals surface area contributed by atoms with Crippen LogP contribution in [0.2, 0.25) is 0 Å². The third-order valence-electron chi connectivity index (χ3n) is 4.39. The molecule has 0 aliphatic rings. The van der Waals surface area contributed by atoms with Crippen LogP contribution in [-0.2, 0) is 17.9 Å². The monoisotopic (exact) mass is 379 g/mol. The summed E-state index contributed by atoms with van der Waals surface area (Å²) in [5.41, 5.74) is 3.69. The van der Waals surface area contributed by atoms with E-state index in [1.807, 2.05) is 12.1 Å². The Hall–Kier alpha value is -2.20. The number of hydrogen-bond donors (Lipinski definition) is 0. The molecule has 0 bridgehead atoms. The minimum absolute atomic E-state index is 0.105. The molecule has 27 heavy (non-hydrogen) atoms. The van der Waals surface area contributed by atoms with Gasteiger partial charge in [-0.2, -0.15) is 0 Å². The van der Waals surface area contributed by atoms with E-state index < -0.39 is 0 Å². The number of thiazole rings is 1. The molecule has 0 spiro atoms. The van der Waals surface area contributed by atoms with E-state index in [0.717, 1.165) is 16.9 Å². The quantitative estimate of drug-likeness (QED) is 0.351. The lowest BCUT2D eigenvalue weighted by atomic mass is 9.96. The first-order valence-electron chi connectivity index (χ1n) is 9.35. The van der Waals surface area contributed by atoms with Crippen LogP contribution in [0.25, 0.3) is 21.3 Å². The molecule has 4 rings (SSSR count). The first-order valence-corrected chi connectivity index (χ1v) is 10.2. The smallest absolute Gasteiger partial charge is 0.115 e. The summed E-state index contributed by atoms with van der Waals surface area (Å²) in [6.07, 6.45) is 0. The van der Waals surface area contributed by atoms with Gasteiger partial charge in [-0.1, -0.05) is 65.8 Å². The van der Waals surface area contributed by atoms with Gasteiger partial charge in [0.1, 0.15) is 5.82 Å². The van der Waals surface area contributed by atoms with E-state index in [0.29, 0.717) is 0 Å². The molecule has 0 saturated carbocycles. The highest BCUT2D eigenvalue weighted by Crippen LogP contribution is 2.30. The molecule has 0 aliphatic carbocycles. The third-order valence-corrected chi connectivity index (χ3v) is 5.86. The van der Waals surface area contributed by atoms with Crippen LogP contribution in [0.15, 0.2) is 48.5 Å². The van der Waals surface area contributed by atoms with E-state index in [9.17, 15) is 0 Å². The Morgan fingerprint density at radius 2 is 1.33 bits per heavy atom. The number of aromatic nitrogens is 3. The summed E-state index contributed by atoms with van der Waals surface area (Å²) in [6.45, 7) is 13.2. The Labute approximate surface area is 166 Å². The van der Waals surface area contributed by atoms with Gasteiger partial charge in [-0.3, -0.25) is 0 Å². The number of nitrogens with zero attached hydrogens (tertiary/aromatic N) is 3. The molecule has 2 aromatic carbocycles. The fraction of sp³-hybridized carbons (Fsp3) is 0.391. The maximum Gasteiger partial charge on any atom is 0.115 e. The summed E-state index contributed by atoms with van der Waals surface area (Å²) in [6, 6.07) is 16.5. The molecular formula is C23H29N3S. The molecule has 0 aliphatic heterocycles. The molecule has 0 radical (unpaired) electrons. The topological polar surface area (TPSA) is 30.7 Å². The Morgan fingerprint density at radius 3 is 1.89 bits per heavy atom. The lowest BCUT2D eigenvalue weighted by molar-refractivity contribution is 0.526. The summed E-state index contributed by atoms with van der Waals surface area (Å²) in [5.74, 6) is 1.14. The van der Waals surface area contributed by atoms with Crippen molar-refractivity contribution >= 4 is 32.6 Å². The SMILES string of the molecule is CC(C)(C)c1nc2ccccc2s1.Cn1c(C(C)(C)C)nc2ccccc21. The summed E-state index contributed by atoms with van der Waals surface area (Å²) in [5, 5.41) is 1.22. The van der Waals surface area contributed by atoms with Crippen molar-refractivity contribution in [2.45, 2.75) is 52.4 Å². The lowest BCUT2D eigenvalue weighted by Crippen LogP contribution is -2.17. The number of fused-ring (bicyclic) bond motifs is 2. The summed E-state index contributed by atoms with van der Waals surface area (Å²) in [4.78, 5) is 9.25. The number of aryl methyl sites for hydroxylation is 1. The maximum absolute atomic E-state index is 4.65. The molecule has 2 heterocycles. The maximum atomic E-state index is 4.65. The highest BCUT2D eigenvalue weighted by Gasteiger charge is 2.20. The van der Waals surface area contributed by atoms with Crippen molar-refractivity contribution in [3.63, 3.8) is 0 Å². The van der Waals surface area contributed by atoms with Crippen molar-refractivity contribution in [3.05, 3.63) is 59.4 Å². The molecule has 0 N–H and O–H groups in total. The second-order valence-corrected chi connectivity index (χ2v) is 10.0. The fourth-order valence-electron chi connectivity index (χ4n) is 3.01. The van der Waals surface area contributed by atoms with Crippen molar-refractivity contribution in [1.29, 1.82) is 0 Å².